The van der Waals surface area contributed by atoms with Crippen molar-refractivity contribution in [2.24, 2.45) is 0 Å². The molecule has 0 unspecified atom stereocenters. The summed E-state index contributed by atoms with van der Waals surface area (Å²) >= 11 is 1.39. The Morgan fingerprint density at radius 2 is 1.90 bits per heavy atom. The van der Waals surface area contributed by atoms with Gasteiger partial charge in [0.15, 0.2) is 0 Å². The Morgan fingerprint density at radius 3 is 2.55 bits per heavy atom. The molecule has 1 heterocycles. The number of aryl methyl sites for hydroxylation is 1. The molecule has 0 radical (unpaired) electrons. The molecule has 0 saturated heterocycles. The third-order valence-electron chi connectivity index (χ3n) is 4.35. The SMILES string of the molecule is CCCCCc1nnc(NC(=O)CCCN(C)S(=O)(=O)c2ccc(OC)cc2)s1. The molecule has 0 spiro atoms. The second-order valence-electron chi connectivity index (χ2n) is 6.61. The quantitative estimate of drug-likeness (QED) is 0.508. The van der Waals surface area contributed by atoms with Crippen LogP contribution in [0.2, 0.25) is 0 Å². The number of aromatic nitrogens is 2. The van der Waals surface area contributed by atoms with Gasteiger partial charge in [-0.3, -0.25) is 4.79 Å². The van der Waals surface area contributed by atoms with Gasteiger partial charge in [0.1, 0.15) is 10.8 Å². The topological polar surface area (TPSA) is 101 Å². The lowest BCUT2D eigenvalue weighted by Gasteiger charge is -2.17. The molecule has 2 aromatic rings. The van der Waals surface area contributed by atoms with E-state index >= 15 is 0 Å². The zero-order valence-corrected chi connectivity index (χ0v) is 18.7. The van der Waals surface area contributed by atoms with Crippen molar-refractivity contribution < 1.29 is 17.9 Å². The van der Waals surface area contributed by atoms with Crippen molar-refractivity contribution in [3.8, 4) is 5.75 Å². The zero-order valence-electron chi connectivity index (χ0n) is 17.1. The first-order chi connectivity index (χ1) is 13.9. The lowest BCUT2D eigenvalue weighted by Crippen LogP contribution is -2.28. The van der Waals surface area contributed by atoms with Crippen molar-refractivity contribution in [2.45, 2.75) is 50.3 Å². The molecule has 0 bridgehead atoms. The van der Waals surface area contributed by atoms with Crippen molar-refractivity contribution in [3.05, 3.63) is 29.3 Å². The molecule has 0 aliphatic rings. The summed E-state index contributed by atoms with van der Waals surface area (Å²) in [7, 11) is -0.575. The number of methoxy groups -OCH3 is 1. The average molecular weight is 441 g/mol. The number of amides is 1. The number of anilines is 1. The summed E-state index contributed by atoms with van der Waals surface area (Å²) < 4.78 is 31.5. The Bertz CT molecular complexity index is 882. The number of hydrogen-bond acceptors (Lipinski definition) is 7. The lowest BCUT2D eigenvalue weighted by molar-refractivity contribution is -0.116. The number of ether oxygens (including phenoxy) is 1. The molecule has 0 aliphatic carbocycles. The normalized spacial score (nSPS) is 11.6. The molecule has 0 atom stereocenters. The maximum absolute atomic E-state index is 12.6. The van der Waals surface area contributed by atoms with Gasteiger partial charge in [0, 0.05) is 26.4 Å². The van der Waals surface area contributed by atoms with Crippen LogP contribution in [0.1, 0.15) is 44.0 Å². The van der Waals surface area contributed by atoms with Crippen LogP contribution in [0, 0.1) is 0 Å². The van der Waals surface area contributed by atoms with Gasteiger partial charge < -0.3 is 10.1 Å². The summed E-state index contributed by atoms with van der Waals surface area (Å²) in [6.45, 7) is 2.38. The fraction of sp³-hybridized carbons (Fsp3) is 0.526. The Morgan fingerprint density at radius 1 is 1.17 bits per heavy atom. The smallest absolute Gasteiger partial charge is 0.242 e. The largest absolute Gasteiger partial charge is 0.497 e. The Labute approximate surface area is 176 Å². The maximum atomic E-state index is 12.6. The van der Waals surface area contributed by atoms with Crippen molar-refractivity contribution >= 4 is 32.4 Å². The average Bonchev–Trinajstić information content (AvgIpc) is 3.15. The number of benzene rings is 1. The molecule has 8 nitrogen and oxygen atoms in total. The molecular formula is C19H28N4O4S2. The minimum Gasteiger partial charge on any atom is -0.497 e. The highest BCUT2D eigenvalue weighted by molar-refractivity contribution is 7.89. The molecule has 1 aromatic heterocycles. The number of unbranched alkanes of at least 4 members (excludes halogenated alkanes) is 2. The van der Waals surface area contributed by atoms with E-state index in [4.69, 9.17) is 4.74 Å². The molecule has 0 aliphatic heterocycles. The molecule has 10 heteroatoms. The molecule has 0 fully saturated rings. The lowest BCUT2D eigenvalue weighted by atomic mass is 10.2. The Kier molecular flexibility index (Phi) is 8.99. The van der Waals surface area contributed by atoms with Crippen LogP contribution in [0.5, 0.6) is 5.75 Å². The van der Waals surface area contributed by atoms with Crippen LogP contribution in [-0.4, -0.2) is 49.5 Å². The standard InChI is InChI=1S/C19H28N4O4S2/c1-4-5-6-9-18-21-22-19(28-18)20-17(24)8-7-14-23(2)29(25,26)16-12-10-15(27-3)11-13-16/h10-13H,4-9,14H2,1-3H3,(H,20,22,24). The van der Waals surface area contributed by atoms with Gasteiger partial charge >= 0.3 is 0 Å². The van der Waals surface area contributed by atoms with Gasteiger partial charge in [-0.1, -0.05) is 31.1 Å². The highest BCUT2D eigenvalue weighted by Gasteiger charge is 2.20. The second-order valence-corrected chi connectivity index (χ2v) is 9.72. The number of carbonyl (C=O) groups is 1. The number of rotatable bonds is 12. The van der Waals surface area contributed by atoms with Crippen LogP contribution in [0.4, 0.5) is 5.13 Å². The van der Waals surface area contributed by atoms with E-state index in [9.17, 15) is 13.2 Å². The van der Waals surface area contributed by atoms with E-state index in [0.717, 1.165) is 30.7 Å². The molecule has 0 saturated carbocycles. The number of nitrogens with zero attached hydrogens (tertiary/aromatic N) is 3. The van der Waals surface area contributed by atoms with Gasteiger partial charge in [-0.05, 0) is 37.1 Å². The number of sulfonamides is 1. The van der Waals surface area contributed by atoms with Crippen LogP contribution < -0.4 is 10.1 Å². The second kappa shape index (κ2) is 11.2. The van der Waals surface area contributed by atoms with Gasteiger partial charge in [0.05, 0.1) is 12.0 Å². The summed E-state index contributed by atoms with van der Waals surface area (Å²) in [5, 5.41) is 12.2. The van der Waals surface area contributed by atoms with E-state index in [1.807, 2.05) is 0 Å². The first-order valence-corrected chi connectivity index (χ1v) is 11.8. The van der Waals surface area contributed by atoms with Gasteiger partial charge in [0.25, 0.3) is 0 Å². The van der Waals surface area contributed by atoms with E-state index < -0.39 is 10.0 Å². The van der Waals surface area contributed by atoms with E-state index in [0.29, 0.717) is 17.3 Å². The molecular weight excluding hydrogens is 412 g/mol. The first-order valence-electron chi connectivity index (χ1n) is 9.59. The predicted molar refractivity (Wildman–Crippen MR) is 114 cm³/mol. The Balaban J connectivity index is 1.78. The number of nitrogens with one attached hydrogen (secondary N) is 1. The first kappa shape index (κ1) is 23.2. The summed E-state index contributed by atoms with van der Waals surface area (Å²) in [6, 6.07) is 6.22. The fourth-order valence-corrected chi connectivity index (χ4v) is 4.63. The summed E-state index contributed by atoms with van der Waals surface area (Å²) in [5.41, 5.74) is 0. The summed E-state index contributed by atoms with van der Waals surface area (Å²) in [4.78, 5) is 12.3. The minimum atomic E-state index is -3.60. The van der Waals surface area contributed by atoms with Crippen LogP contribution in [0.25, 0.3) is 0 Å². The molecule has 1 N–H and O–H groups in total. The van der Waals surface area contributed by atoms with Crippen molar-refractivity contribution in [1.82, 2.24) is 14.5 Å². The van der Waals surface area contributed by atoms with Crippen molar-refractivity contribution in [2.75, 3.05) is 26.0 Å². The molecule has 160 valence electrons. The van der Waals surface area contributed by atoms with Crippen LogP contribution >= 0.6 is 11.3 Å². The fourth-order valence-electron chi connectivity index (χ4n) is 2.62. The zero-order chi connectivity index (χ0) is 21.3. The Hall–Kier alpha value is -2.04. The molecule has 2 rings (SSSR count). The van der Waals surface area contributed by atoms with Crippen LogP contribution in [-0.2, 0) is 21.2 Å². The van der Waals surface area contributed by atoms with Gasteiger partial charge in [-0.15, -0.1) is 10.2 Å². The molecule has 29 heavy (non-hydrogen) atoms. The van der Waals surface area contributed by atoms with E-state index in [2.05, 4.69) is 22.4 Å². The summed E-state index contributed by atoms with van der Waals surface area (Å²) in [5.74, 6) is 0.393. The van der Waals surface area contributed by atoms with Gasteiger partial charge in [-0.2, -0.15) is 0 Å². The van der Waals surface area contributed by atoms with Crippen LogP contribution in [0.15, 0.2) is 29.2 Å². The van der Waals surface area contributed by atoms with Crippen molar-refractivity contribution in [1.29, 1.82) is 0 Å². The monoisotopic (exact) mass is 440 g/mol. The highest BCUT2D eigenvalue weighted by Crippen LogP contribution is 2.20. The van der Waals surface area contributed by atoms with E-state index in [-0.39, 0.29) is 23.8 Å². The molecule has 1 amide bonds. The van der Waals surface area contributed by atoms with E-state index in [1.165, 1.54) is 41.9 Å². The van der Waals surface area contributed by atoms with Crippen molar-refractivity contribution in [3.63, 3.8) is 0 Å². The molecule has 1 aromatic carbocycles. The predicted octanol–water partition coefficient (Wildman–Crippen LogP) is 3.32. The summed E-state index contributed by atoms with van der Waals surface area (Å²) in [6.07, 6.45) is 4.83. The number of carbonyl (C=O) groups excluding carboxylic acids is 1. The number of hydrogen-bond donors (Lipinski definition) is 1. The van der Waals surface area contributed by atoms with E-state index in [1.54, 1.807) is 12.1 Å². The third kappa shape index (κ3) is 7.06. The highest BCUT2D eigenvalue weighted by atomic mass is 32.2. The third-order valence-corrected chi connectivity index (χ3v) is 7.12. The maximum Gasteiger partial charge on any atom is 0.242 e. The minimum absolute atomic E-state index is 0.190. The van der Waals surface area contributed by atoms with Gasteiger partial charge in [0.2, 0.25) is 21.1 Å². The van der Waals surface area contributed by atoms with Gasteiger partial charge in [-0.25, -0.2) is 12.7 Å². The van der Waals surface area contributed by atoms with Crippen LogP contribution in [0.3, 0.4) is 0 Å².